The van der Waals surface area contributed by atoms with Crippen molar-refractivity contribution in [2.45, 2.75) is 26.2 Å². The number of rotatable bonds is 5. The maximum atomic E-state index is 5.70. The molecule has 2 rings (SSSR count). The molecule has 1 aliphatic rings. The van der Waals surface area contributed by atoms with Crippen molar-refractivity contribution in [3.63, 3.8) is 0 Å². The molecule has 1 aromatic heterocycles. The Kier molecular flexibility index (Phi) is 5.20. The Balaban J connectivity index is 1.70. The molecule has 2 heterocycles. The van der Waals surface area contributed by atoms with Crippen LogP contribution in [0.25, 0.3) is 0 Å². The van der Waals surface area contributed by atoms with Gasteiger partial charge in [0, 0.05) is 13.1 Å². The average molecular weight is 269 g/mol. The zero-order valence-corrected chi connectivity index (χ0v) is 11.7. The monoisotopic (exact) mass is 268 g/mol. The van der Waals surface area contributed by atoms with E-state index in [1.54, 1.807) is 6.07 Å². The fourth-order valence-electron chi connectivity index (χ4n) is 2.34. The fraction of sp³-hybridized carbons (Fsp3) is 0.692. The normalized spacial score (nSPS) is 18.6. The predicted molar refractivity (Wildman–Crippen MR) is 75.0 cm³/mol. The number of likely N-dealkylation sites (tertiary alicyclic amines) is 1. The first-order chi connectivity index (χ1) is 8.74. The molecular formula is C13H21ClN4. The predicted octanol–water partition coefficient (Wildman–Crippen LogP) is 2.66. The molecule has 0 amide bonds. The third kappa shape index (κ3) is 4.42. The van der Waals surface area contributed by atoms with Crippen LogP contribution in [0.15, 0.2) is 12.1 Å². The van der Waals surface area contributed by atoms with Crippen molar-refractivity contribution >= 4 is 17.4 Å². The minimum Gasteiger partial charge on any atom is -0.368 e. The Morgan fingerprint density at radius 3 is 2.72 bits per heavy atom. The number of aromatic nitrogens is 2. The molecule has 0 radical (unpaired) electrons. The van der Waals surface area contributed by atoms with Crippen LogP contribution in [0.1, 0.15) is 26.2 Å². The molecule has 5 heteroatoms. The van der Waals surface area contributed by atoms with E-state index in [1.807, 2.05) is 6.07 Å². The van der Waals surface area contributed by atoms with Crippen molar-refractivity contribution in [3.05, 3.63) is 17.3 Å². The van der Waals surface area contributed by atoms with Gasteiger partial charge in [0.05, 0.1) is 0 Å². The van der Waals surface area contributed by atoms with E-state index in [2.05, 4.69) is 27.3 Å². The summed E-state index contributed by atoms with van der Waals surface area (Å²) in [7, 11) is 0. The second-order valence-corrected chi connectivity index (χ2v) is 5.48. The van der Waals surface area contributed by atoms with Gasteiger partial charge in [0.15, 0.2) is 5.15 Å². The van der Waals surface area contributed by atoms with E-state index >= 15 is 0 Å². The summed E-state index contributed by atoms with van der Waals surface area (Å²) in [6.07, 6.45) is 4.09. The average Bonchev–Trinajstić information content (AvgIpc) is 2.39. The van der Waals surface area contributed by atoms with Gasteiger partial charge >= 0.3 is 0 Å². The highest BCUT2D eigenvalue weighted by atomic mass is 35.5. The number of nitrogens with zero attached hydrogens (tertiary/aromatic N) is 3. The van der Waals surface area contributed by atoms with Crippen LogP contribution in [0.2, 0.25) is 5.15 Å². The first-order valence-corrected chi connectivity index (χ1v) is 7.07. The molecule has 0 spiro atoms. The van der Waals surface area contributed by atoms with Crippen LogP contribution < -0.4 is 5.32 Å². The summed E-state index contributed by atoms with van der Waals surface area (Å²) in [4.78, 5) is 2.56. The minimum atomic E-state index is 0.432. The summed E-state index contributed by atoms with van der Waals surface area (Å²) in [5.41, 5.74) is 0. The third-order valence-corrected chi connectivity index (χ3v) is 3.48. The Morgan fingerprint density at radius 2 is 2.06 bits per heavy atom. The number of piperidine rings is 1. The molecule has 0 aromatic carbocycles. The molecule has 0 saturated carbocycles. The standard InChI is InChI=1S/C13H21ClN4/c1-11(10-18-7-3-2-4-8-18)9-15-13-6-5-12(14)16-17-13/h5-6,11H,2-4,7-10H2,1H3,(H,15,17). The lowest BCUT2D eigenvalue weighted by atomic mass is 10.1. The molecule has 100 valence electrons. The van der Waals surface area contributed by atoms with Crippen molar-refractivity contribution in [2.75, 3.05) is 31.5 Å². The van der Waals surface area contributed by atoms with Gasteiger partial charge in [-0.1, -0.05) is 24.9 Å². The van der Waals surface area contributed by atoms with Gasteiger partial charge in [-0.3, -0.25) is 0 Å². The number of nitrogens with one attached hydrogen (secondary N) is 1. The number of hydrogen-bond acceptors (Lipinski definition) is 4. The molecule has 4 nitrogen and oxygen atoms in total. The van der Waals surface area contributed by atoms with Gasteiger partial charge < -0.3 is 10.2 Å². The first kappa shape index (κ1) is 13.6. The van der Waals surface area contributed by atoms with Crippen LogP contribution in [-0.2, 0) is 0 Å². The second kappa shape index (κ2) is 6.90. The van der Waals surface area contributed by atoms with Crippen molar-refractivity contribution in [3.8, 4) is 0 Å². The van der Waals surface area contributed by atoms with Gasteiger partial charge in [0.1, 0.15) is 5.82 Å². The lowest BCUT2D eigenvalue weighted by Gasteiger charge is -2.29. The highest BCUT2D eigenvalue weighted by Crippen LogP contribution is 2.12. The molecule has 0 aliphatic carbocycles. The van der Waals surface area contributed by atoms with Gasteiger partial charge in [-0.2, -0.15) is 0 Å². The maximum Gasteiger partial charge on any atom is 0.151 e. The largest absolute Gasteiger partial charge is 0.368 e. The number of halogens is 1. The van der Waals surface area contributed by atoms with E-state index in [0.29, 0.717) is 11.1 Å². The maximum absolute atomic E-state index is 5.70. The molecular weight excluding hydrogens is 248 g/mol. The third-order valence-electron chi connectivity index (χ3n) is 3.28. The Bertz CT molecular complexity index is 349. The topological polar surface area (TPSA) is 41.1 Å². The smallest absolute Gasteiger partial charge is 0.151 e. The summed E-state index contributed by atoms with van der Waals surface area (Å²) in [6.45, 7) is 6.86. The molecule has 1 aliphatic heterocycles. The Hall–Kier alpha value is -0.870. The molecule has 1 atom stereocenters. The molecule has 0 bridgehead atoms. The van der Waals surface area contributed by atoms with Crippen molar-refractivity contribution in [1.29, 1.82) is 0 Å². The molecule has 1 N–H and O–H groups in total. The van der Waals surface area contributed by atoms with E-state index in [4.69, 9.17) is 11.6 Å². The van der Waals surface area contributed by atoms with E-state index < -0.39 is 0 Å². The molecule has 1 fully saturated rings. The summed E-state index contributed by atoms with van der Waals surface area (Å²) in [5, 5.41) is 11.5. The van der Waals surface area contributed by atoms with E-state index in [1.165, 1.54) is 32.4 Å². The van der Waals surface area contributed by atoms with Crippen molar-refractivity contribution < 1.29 is 0 Å². The van der Waals surface area contributed by atoms with E-state index in [9.17, 15) is 0 Å². The van der Waals surface area contributed by atoms with Crippen LogP contribution in [-0.4, -0.2) is 41.3 Å². The Morgan fingerprint density at radius 1 is 1.28 bits per heavy atom. The number of hydrogen-bond donors (Lipinski definition) is 1. The molecule has 1 aromatic rings. The van der Waals surface area contributed by atoms with Crippen LogP contribution in [0.4, 0.5) is 5.82 Å². The summed E-state index contributed by atoms with van der Waals surface area (Å²) < 4.78 is 0. The van der Waals surface area contributed by atoms with Crippen LogP contribution in [0, 0.1) is 5.92 Å². The lowest BCUT2D eigenvalue weighted by Crippen LogP contribution is -2.35. The Labute approximate surface area is 114 Å². The zero-order chi connectivity index (χ0) is 12.8. The molecule has 1 unspecified atom stereocenters. The van der Waals surface area contributed by atoms with Gasteiger partial charge in [-0.15, -0.1) is 10.2 Å². The van der Waals surface area contributed by atoms with Gasteiger partial charge in [-0.05, 0) is 44.0 Å². The highest BCUT2D eigenvalue weighted by Gasteiger charge is 2.13. The van der Waals surface area contributed by atoms with Crippen molar-refractivity contribution in [2.24, 2.45) is 5.92 Å². The fourth-order valence-corrected chi connectivity index (χ4v) is 2.44. The van der Waals surface area contributed by atoms with Crippen LogP contribution >= 0.6 is 11.6 Å². The van der Waals surface area contributed by atoms with Crippen LogP contribution in [0.5, 0.6) is 0 Å². The van der Waals surface area contributed by atoms with Gasteiger partial charge in [-0.25, -0.2) is 0 Å². The second-order valence-electron chi connectivity index (χ2n) is 5.09. The van der Waals surface area contributed by atoms with E-state index in [0.717, 1.165) is 18.9 Å². The summed E-state index contributed by atoms with van der Waals surface area (Å²) >= 11 is 5.70. The minimum absolute atomic E-state index is 0.432. The summed E-state index contributed by atoms with van der Waals surface area (Å²) in [5.74, 6) is 1.41. The first-order valence-electron chi connectivity index (χ1n) is 6.69. The van der Waals surface area contributed by atoms with Gasteiger partial charge in [0.2, 0.25) is 0 Å². The van der Waals surface area contributed by atoms with Crippen molar-refractivity contribution in [1.82, 2.24) is 15.1 Å². The van der Waals surface area contributed by atoms with Gasteiger partial charge in [0.25, 0.3) is 0 Å². The molecule has 18 heavy (non-hydrogen) atoms. The highest BCUT2D eigenvalue weighted by molar-refractivity contribution is 6.29. The van der Waals surface area contributed by atoms with Crippen LogP contribution in [0.3, 0.4) is 0 Å². The lowest BCUT2D eigenvalue weighted by molar-refractivity contribution is 0.204. The zero-order valence-electron chi connectivity index (χ0n) is 10.9. The SMILES string of the molecule is CC(CNc1ccc(Cl)nn1)CN1CCCCC1. The number of anilines is 1. The molecule has 1 saturated heterocycles. The summed E-state index contributed by atoms with van der Waals surface area (Å²) in [6, 6.07) is 3.62. The quantitative estimate of drug-likeness (QED) is 0.891. The van der Waals surface area contributed by atoms with E-state index in [-0.39, 0.29) is 0 Å².